The zero-order chi connectivity index (χ0) is 76.2. The van der Waals surface area contributed by atoms with Crippen molar-refractivity contribution in [2.45, 2.75) is 243 Å². The lowest BCUT2D eigenvalue weighted by molar-refractivity contribution is -0.164. The molecule has 14 atom stereocenters. The second kappa shape index (κ2) is 43.0. The Balaban J connectivity index is 7.19. The highest BCUT2D eigenvalue weighted by Gasteiger charge is 2.47. The van der Waals surface area contributed by atoms with Gasteiger partial charge in [-0.05, 0) is 108 Å². The van der Waals surface area contributed by atoms with Gasteiger partial charge in [-0.25, -0.2) is 4.79 Å². The number of ether oxygens (including phenoxy) is 2. The van der Waals surface area contributed by atoms with Crippen molar-refractivity contribution < 1.29 is 71.8 Å². The Labute approximate surface area is 584 Å². The van der Waals surface area contributed by atoms with Crippen LogP contribution in [0, 0.1) is 52.8 Å². The van der Waals surface area contributed by atoms with Crippen LogP contribution < -0.4 is 26.6 Å². The van der Waals surface area contributed by atoms with Crippen LogP contribution in [0.5, 0.6) is 0 Å². The highest BCUT2D eigenvalue weighted by atomic mass is 16.5. The largest absolute Gasteiger partial charge is 0.462 e. The molecule has 0 saturated heterocycles. The molecule has 5 N–H and O–H groups in total. The molecule has 0 radical (unpaired) electrons. The van der Waals surface area contributed by atoms with Crippen molar-refractivity contribution in [2.24, 2.45) is 41.4 Å². The number of amides is 11. The van der Waals surface area contributed by atoms with Crippen LogP contribution in [-0.2, 0) is 71.8 Å². The predicted octanol–water partition coefficient (Wildman–Crippen LogP) is 3.50. The second-order valence-electron chi connectivity index (χ2n) is 28.2. The molecular formula is C70H123N13O15. The first-order valence-electron chi connectivity index (χ1n) is 34.4. The smallest absolute Gasteiger partial charge is 0.328 e. The summed E-state index contributed by atoms with van der Waals surface area (Å²) in [4.78, 5) is 192. The number of likely N-dealkylation sites (N-methyl/N-ethyl adjacent to an activating group) is 8. The van der Waals surface area contributed by atoms with E-state index in [1.807, 2.05) is 47.6 Å². The lowest BCUT2D eigenvalue weighted by Crippen LogP contribution is -2.63. The Morgan fingerprint density at radius 1 is 0.490 bits per heavy atom. The molecule has 0 rings (SSSR count). The van der Waals surface area contributed by atoms with Crippen LogP contribution in [0.25, 0.3) is 0 Å². The van der Waals surface area contributed by atoms with Crippen molar-refractivity contribution in [3.05, 3.63) is 12.2 Å². The lowest BCUT2D eigenvalue weighted by atomic mass is 9.91. The maximum absolute atomic E-state index is 15.3. The minimum atomic E-state index is -1.57. The Bertz CT molecular complexity index is 2770. The van der Waals surface area contributed by atoms with Crippen LogP contribution in [0.2, 0.25) is 0 Å². The van der Waals surface area contributed by atoms with Crippen molar-refractivity contribution >= 4 is 76.9 Å². The summed E-state index contributed by atoms with van der Waals surface area (Å²) in [7, 11) is 11.6. The van der Waals surface area contributed by atoms with E-state index in [9.17, 15) is 53.2 Å². The minimum absolute atomic E-state index is 0.0608. The van der Waals surface area contributed by atoms with Gasteiger partial charge in [-0.3, -0.25) is 57.5 Å². The van der Waals surface area contributed by atoms with Crippen molar-refractivity contribution in [3.63, 3.8) is 0 Å². The van der Waals surface area contributed by atoms with E-state index in [0.717, 1.165) is 4.90 Å². The summed E-state index contributed by atoms with van der Waals surface area (Å²) in [5, 5.41) is 23.2. The zero-order valence-corrected chi connectivity index (χ0v) is 64.0. The van der Waals surface area contributed by atoms with Gasteiger partial charge < -0.3 is 70.4 Å². The molecule has 0 aromatic heterocycles. The predicted molar refractivity (Wildman–Crippen MR) is 373 cm³/mol. The standard InChI is InChI=1S/C70H123N13O15/c1-28-30-31-45(14)59(98-50(19)85)58(63(89)75-51(29-2)70(96)97-35-34-77(21)49(18)84)83(27)69(95)56(43(11)12)81(25)67(93)54(38-41(7)8)80(24)66(92)53(37-40(5)6)79(23)65(91)48(17)74-60(86)46(15)73-61(87)52(36-39(3)4)78(22)68(94)55(42(9)10)76-62(88)57(44(13)32-33-71)82(26)64(90)47(16)72-20/h28,30,39-48,51-59,72H,29,31-32,34-38H2,1-27H3,(H,73,87)(H,74,86)(H,75,89)(H,76,88). The maximum Gasteiger partial charge on any atom is 0.328 e. The Kier molecular flexibility index (Phi) is 39.6. The number of nitrogens with zero attached hydrogens (tertiary/aromatic N) is 8. The topological polar surface area (TPSA) is 347 Å². The van der Waals surface area contributed by atoms with Gasteiger partial charge in [0.25, 0.3) is 0 Å². The molecule has 0 aromatic rings. The van der Waals surface area contributed by atoms with Crippen LogP contribution in [-0.4, -0.2) is 253 Å². The molecular weight excluding hydrogens is 1260 g/mol. The number of hydrogen-bond donors (Lipinski definition) is 5. The zero-order valence-electron chi connectivity index (χ0n) is 64.0. The first kappa shape index (κ1) is 90.3. The third-order valence-electron chi connectivity index (χ3n) is 17.7. The van der Waals surface area contributed by atoms with Crippen LogP contribution in [0.4, 0.5) is 0 Å². The van der Waals surface area contributed by atoms with Gasteiger partial charge in [-0.2, -0.15) is 5.26 Å². The molecule has 28 nitrogen and oxygen atoms in total. The first-order valence-corrected chi connectivity index (χ1v) is 34.4. The monoisotopic (exact) mass is 1390 g/mol. The van der Waals surface area contributed by atoms with E-state index in [2.05, 4.69) is 32.7 Å². The van der Waals surface area contributed by atoms with E-state index in [1.165, 1.54) is 106 Å². The molecule has 558 valence electrons. The number of nitrogens with one attached hydrogen (secondary N) is 5. The van der Waals surface area contributed by atoms with Gasteiger partial charge in [0.05, 0.1) is 18.7 Å². The van der Waals surface area contributed by atoms with Gasteiger partial charge in [0.2, 0.25) is 65.0 Å². The van der Waals surface area contributed by atoms with Crippen LogP contribution in [0.15, 0.2) is 12.2 Å². The average molecular weight is 1390 g/mol. The lowest BCUT2D eigenvalue weighted by Gasteiger charge is -2.42. The van der Waals surface area contributed by atoms with Crippen LogP contribution in [0.3, 0.4) is 0 Å². The van der Waals surface area contributed by atoms with Gasteiger partial charge in [0.1, 0.15) is 73.1 Å². The molecule has 0 aliphatic rings. The summed E-state index contributed by atoms with van der Waals surface area (Å²) in [6, 6.07) is -11.1. The number of allylic oxidation sites excluding steroid dienone is 2. The molecule has 14 unspecified atom stereocenters. The van der Waals surface area contributed by atoms with E-state index in [4.69, 9.17) is 9.47 Å². The first-order chi connectivity index (χ1) is 45.3. The molecule has 11 amide bonds. The molecule has 0 fully saturated rings. The summed E-state index contributed by atoms with van der Waals surface area (Å²) in [6.45, 7) is 31.7. The summed E-state index contributed by atoms with van der Waals surface area (Å²) in [5.74, 6) is -11.4. The van der Waals surface area contributed by atoms with Crippen LogP contribution in [0.1, 0.15) is 170 Å². The van der Waals surface area contributed by atoms with Gasteiger partial charge in [-0.1, -0.05) is 102 Å². The van der Waals surface area contributed by atoms with E-state index in [1.54, 1.807) is 75.4 Å². The number of carbonyl (C=O) groups excluding carboxylic acids is 13. The summed E-state index contributed by atoms with van der Waals surface area (Å²) >= 11 is 0. The van der Waals surface area contributed by atoms with Gasteiger partial charge in [-0.15, -0.1) is 0 Å². The SMILES string of the molecule is CC=CCC(C)C(OC(C)=O)C(C(=O)NC(CC)C(=O)OCCN(C)C(C)=O)N(C)C(=O)C(C(C)C)N(C)C(=O)C(CC(C)C)N(C)C(=O)C(CC(C)C)N(C)C(=O)C(C)NC(=O)C(C)NC(=O)C(CC(C)C)N(C)C(=O)C(NC(=O)C(C(C)CC#N)N(C)C(=O)C(C)NC)C(C)C. The fourth-order valence-electron chi connectivity index (χ4n) is 11.5. The summed E-state index contributed by atoms with van der Waals surface area (Å²) in [5.41, 5.74) is 0. The molecule has 28 heteroatoms. The van der Waals surface area contributed by atoms with E-state index < -0.39 is 167 Å². The molecule has 98 heavy (non-hydrogen) atoms. The minimum Gasteiger partial charge on any atom is -0.462 e. The fraction of sp³-hybridized carbons (Fsp3) is 0.771. The number of nitriles is 1. The quantitative estimate of drug-likeness (QED) is 0.0432. The second-order valence-corrected chi connectivity index (χ2v) is 28.2. The molecule has 0 saturated carbocycles. The number of esters is 2. The third kappa shape index (κ3) is 27.2. The highest BCUT2D eigenvalue weighted by Crippen LogP contribution is 2.27. The molecule has 0 aliphatic heterocycles. The van der Waals surface area contributed by atoms with Gasteiger partial charge in [0, 0.05) is 69.6 Å². The average Bonchev–Trinajstić information content (AvgIpc) is 0.800. The van der Waals surface area contributed by atoms with Crippen molar-refractivity contribution in [1.82, 2.24) is 60.9 Å². The van der Waals surface area contributed by atoms with Crippen molar-refractivity contribution in [3.8, 4) is 6.07 Å². The molecule has 0 aliphatic carbocycles. The van der Waals surface area contributed by atoms with E-state index in [-0.39, 0.29) is 68.9 Å². The van der Waals surface area contributed by atoms with E-state index >= 15 is 14.4 Å². The molecule has 0 aromatic carbocycles. The Morgan fingerprint density at radius 3 is 1.39 bits per heavy atom. The Hall–Kier alpha value is -7.70. The van der Waals surface area contributed by atoms with E-state index in [0.29, 0.717) is 6.42 Å². The highest BCUT2D eigenvalue weighted by molar-refractivity contribution is 5.99. The number of carbonyl (C=O) groups is 13. The normalized spacial score (nSPS) is 15.8. The number of hydrogen-bond acceptors (Lipinski definition) is 17. The summed E-state index contributed by atoms with van der Waals surface area (Å²) < 4.78 is 11.3. The van der Waals surface area contributed by atoms with Crippen LogP contribution >= 0.6 is 0 Å². The summed E-state index contributed by atoms with van der Waals surface area (Å²) in [6.07, 6.45) is 2.97. The van der Waals surface area contributed by atoms with Crippen molar-refractivity contribution in [2.75, 3.05) is 69.5 Å². The fourth-order valence-corrected chi connectivity index (χ4v) is 11.5. The van der Waals surface area contributed by atoms with Gasteiger partial charge >= 0.3 is 11.9 Å². The van der Waals surface area contributed by atoms with Crippen molar-refractivity contribution in [1.29, 1.82) is 5.26 Å². The molecule has 0 spiro atoms. The maximum atomic E-state index is 15.3. The molecule has 0 heterocycles. The van der Waals surface area contributed by atoms with Gasteiger partial charge in [0.15, 0.2) is 0 Å². The third-order valence-corrected chi connectivity index (χ3v) is 17.7. The molecule has 0 bridgehead atoms. The Morgan fingerprint density at radius 2 is 0.939 bits per heavy atom. The number of rotatable bonds is 41.